The van der Waals surface area contributed by atoms with E-state index in [1.807, 2.05) is 12.1 Å². The minimum absolute atomic E-state index is 0.525. The van der Waals surface area contributed by atoms with Crippen molar-refractivity contribution >= 4 is 10.9 Å². The van der Waals surface area contributed by atoms with Crippen LogP contribution in [0.5, 0.6) is 5.75 Å². The van der Waals surface area contributed by atoms with Crippen molar-refractivity contribution in [2.75, 3.05) is 13.2 Å². The molecule has 3 nitrogen and oxygen atoms in total. The average Bonchev–Trinajstić information content (AvgIpc) is 3.07. The van der Waals surface area contributed by atoms with Crippen LogP contribution in [0.25, 0.3) is 22.2 Å². The molecule has 0 atom stereocenters. The summed E-state index contributed by atoms with van der Waals surface area (Å²) >= 11 is 0. The maximum atomic E-state index is 5.58. The summed E-state index contributed by atoms with van der Waals surface area (Å²) in [5.41, 5.74) is 10.4. The highest BCUT2D eigenvalue weighted by atomic mass is 16.5. The van der Waals surface area contributed by atoms with Gasteiger partial charge in [0.2, 0.25) is 0 Å². The molecular formula is C23H22N2O. The minimum Gasteiger partial charge on any atom is -0.492 e. The fourth-order valence-electron chi connectivity index (χ4n) is 3.28. The molecule has 0 aliphatic rings. The maximum absolute atomic E-state index is 5.58. The van der Waals surface area contributed by atoms with E-state index < -0.39 is 0 Å². The Bertz CT molecular complexity index is 988. The first-order chi connectivity index (χ1) is 12.8. The topological polar surface area (TPSA) is 40.2 Å². The molecule has 4 rings (SSSR count). The number of ether oxygens (including phenoxy) is 1. The van der Waals surface area contributed by atoms with E-state index in [0.29, 0.717) is 13.2 Å². The predicted octanol–water partition coefficient (Wildman–Crippen LogP) is 4.69. The molecular weight excluding hydrogens is 320 g/mol. The first-order valence-electron chi connectivity index (χ1n) is 8.90. The third kappa shape index (κ3) is 3.35. The Hall–Kier alpha value is -3.04. The van der Waals surface area contributed by atoms with Crippen molar-refractivity contribution in [1.82, 2.24) is 4.57 Å². The second-order valence-electron chi connectivity index (χ2n) is 6.32. The summed E-state index contributed by atoms with van der Waals surface area (Å²) in [6.45, 7) is 1.88. The van der Waals surface area contributed by atoms with Crippen molar-refractivity contribution in [3.05, 3.63) is 90.5 Å². The molecule has 0 saturated heterocycles. The second kappa shape index (κ2) is 7.46. The van der Waals surface area contributed by atoms with E-state index in [1.54, 1.807) is 0 Å². The lowest BCUT2D eigenvalue weighted by Gasteiger charge is -2.12. The van der Waals surface area contributed by atoms with Crippen LogP contribution >= 0.6 is 0 Å². The third-order valence-electron chi connectivity index (χ3n) is 4.53. The van der Waals surface area contributed by atoms with Gasteiger partial charge < -0.3 is 15.0 Å². The quantitative estimate of drug-likeness (QED) is 0.552. The van der Waals surface area contributed by atoms with E-state index in [4.69, 9.17) is 10.5 Å². The second-order valence-corrected chi connectivity index (χ2v) is 6.32. The molecule has 0 radical (unpaired) electrons. The van der Waals surface area contributed by atoms with Crippen LogP contribution < -0.4 is 10.5 Å². The molecule has 0 spiro atoms. The van der Waals surface area contributed by atoms with Crippen LogP contribution in [0.2, 0.25) is 0 Å². The summed E-state index contributed by atoms with van der Waals surface area (Å²) < 4.78 is 7.95. The van der Waals surface area contributed by atoms with E-state index in [1.165, 1.54) is 27.7 Å². The first kappa shape index (κ1) is 16.4. The molecule has 0 bridgehead atoms. The van der Waals surface area contributed by atoms with Crippen LogP contribution in [0.1, 0.15) is 5.56 Å². The Morgan fingerprint density at radius 3 is 2.31 bits per heavy atom. The normalized spacial score (nSPS) is 11.0. The molecule has 26 heavy (non-hydrogen) atoms. The monoisotopic (exact) mass is 342 g/mol. The van der Waals surface area contributed by atoms with Crippen molar-refractivity contribution in [2.45, 2.75) is 6.54 Å². The van der Waals surface area contributed by atoms with Crippen molar-refractivity contribution < 1.29 is 4.74 Å². The Labute approximate surface area is 153 Å². The zero-order valence-electron chi connectivity index (χ0n) is 14.6. The van der Waals surface area contributed by atoms with Gasteiger partial charge in [-0.05, 0) is 35.4 Å². The molecule has 0 aliphatic heterocycles. The molecule has 130 valence electrons. The lowest BCUT2D eigenvalue weighted by molar-refractivity contribution is 0.328. The number of para-hydroxylation sites is 1. The van der Waals surface area contributed by atoms with Gasteiger partial charge in [-0.2, -0.15) is 0 Å². The van der Waals surface area contributed by atoms with E-state index in [2.05, 4.69) is 77.4 Å². The van der Waals surface area contributed by atoms with Crippen molar-refractivity contribution in [1.29, 1.82) is 0 Å². The number of nitrogens with two attached hydrogens (primary N) is 1. The van der Waals surface area contributed by atoms with Gasteiger partial charge >= 0.3 is 0 Å². The van der Waals surface area contributed by atoms with Crippen LogP contribution in [0, 0.1) is 0 Å². The van der Waals surface area contributed by atoms with E-state index in [9.17, 15) is 0 Å². The standard InChI is InChI=1S/C23H22N2O/c24-14-15-26-21-12-10-18(11-13-21)17-25-22-9-5-4-8-20(22)16-23(25)19-6-2-1-3-7-19/h1-13,16H,14-15,17,24H2. The molecule has 3 aromatic carbocycles. The number of aromatic nitrogens is 1. The average molecular weight is 342 g/mol. The Kier molecular flexibility index (Phi) is 4.71. The van der Waals surface area contributed by atoms with Gasteiger partial charge in [0.05, 0.1) is 0 Å². The highest BCUT2D eigenvalue weighted by Gasteiger charge is 2.10. The first-order valence-corrected chi connectivity index (χ1v) is 8.90. The van der Waals surface area contributed by atoms with Crippen molar-refractivity contribution in [3.63, 3.8) is 0 Å². The zero-order chi connectivity index (χ0) is 17.8. The fraction of sp³-hybridized carbons (Fsp3) is 0.130. The van der Waals surface area contributed by atoms with Gasteiger partial charge in [-0.1, -0.05) is 60.7 Å². The molecule has 4 aromatic rings. The van der Waals surface area contributed by atoms with E-state index >= 15 is 0 Å². The van der Waals surface area contributed by atoms with Crippen LogP contribution in [0.15, 0.2) is 84.9 Å². The SMILES string of the molecule is NCCOc1ccc(Cn2c(-c3ccccc3)cc3ccccc32)cc1. The Morgan fingerprint density at radius 1 is 0.808 bits per heavy atom. The van der Waals surface area contributed by atoms with Crippen molar-refractivity contribution in [2.24, 2.45) is 5.73 Å². The van der Waals surface area contributed by atoms with E-state index in [0.717, 1.165) is 12.3 Å². The molecule has 3 heteroatoms. The van der Waals surface area contributed by atoms with Gasteiger partial charge in [0, 0.05) is 29.7 Å². The third-order valence-corrected chi connectivity index (χ3v) is 4.53. The summed E-state index contributed by atoms with van der Waals surface area (Å²) in [6, 6.07) is 29.6. The predicted molar refractivity (Wildman–Crippen MR) is 107 cm³/mol. The van der Waals surface area contributed by atoms with Crippen LogP contribution in [0.4, 0.5) is 0 Å². The number of fused-ring (bicyclic) bond motifs is 1. The van der Waals surface area contributed by atoms with Crippen LogP contribution in [0.3, 0.4) is 0 Å². The van der Waals surface area contributed by atoms with Gasteiger partial charge in [0.25, 0.3) is 0 Å². The van der Waals surface area contributed by atoms with Gasteiger partial charge in [0.1, 0.15) is 12.4 Å². The van der Waals surface area contributed by atoms with Crippen LogP contribution in [-0.4, -0.2) is 17.7 Å². The number of nitrogens with zero attached hydrogens (tertiary/aromatic N) is 1. The highest BCUT2D eigenvalue weighted by Crippen LogP contribution is 2.29. The molecule has 1 heterocycles. The summed E-state index contributed by atoms with van der Waals surface area (Å²) in [5.74, 6) is 0.861. The lowest BCUT2D eigenvalue weighted by atomic mass is 10.1. The minimum atomic E-state index is 0.525. The maximum Gasteiger partial charge on any atom is 0.119 e. The molecule has 0 saturated carbocycles. The molecule has 1 aromatic heterocycles. The molecule has 2 N–H and O–H groups in total. The largest absolute Gasteiger partial charge is 0.492 e. The Balaban J connectivity index is 1.71. The number of benzene rings is 3. The summed E-state index contributed by atoms with van der Waals surface area (Å²) in [6.07, 6.45) is 0. The number of hydrogen-bond acceptors (Lipinski definition) is 2. The lowest BCUT2D eigenvalue weighted by Crippen LogP contribution is -2.10. The summed E-state index contributed by atoms with van der Waals surface area (Å²) in [5, 5.41) is 1.26. The Morgan fingerprint density at radius 2 is 1.54 bits per heavy atom. The zero-order valence-corrected chi connectivity index (χ0v) is 14.6. The molecule has 0 aliphatic carbocycles. The van der Waals surface area contributed by atoms with Gasteiger partial charge in [-0.25, -0.2) is 0 Å². The van der Waals surface area contributed by atoms with Gasteiger partial charge in [0.15, 0.2) is 0 Å². The van der Waals surface area contributed by atoms with E-state index in [-0.39, 0.29) is 0 Å². The smallest absolute Gasteiger partial charge is 0.119 e. The van der Waals surface area contributed by atoms with Crippen LogP contribution in [-0.2, 0) is 6.54 Å². The fourth-order valence-corrected chi connectivity index (χ4v) is 3.28. The molecule has 0 amide bonds. The molecule has 0 unspecified atom stereocenters. The summed E-state index contributed by atoms with van der Waals surface area (Å²) in [7, 11) is 0. The number of hydrogen-bond donors (Lipinski definition) is 1. The molecule has 0 fully saturated rings. The summed E-state index contributed by atoms with van der Waals surface area (Å²) in [4.78, 5) is 0. The van der Waals surface area contributed by atoms with Gasteiger partial charge in [-0.3, -0.25) is 0 Å². The highest BCUT2D eigenvalue weighted by molar-refractivity contribution is 5.87. The van der Waals surface area contributed by atoms with Gasteiger partial charge in [-0.15, -0.1) is 0 Å². The van der Waals surface area contributed by atoms with Crippen molar-refractivity contribution in [3.8, 4) is 17.0 Å². The number of rotatable bonds is 6.